The zero-order valence-electron chi connectivity index (χ0n) is 21.2. The number of hydrogen-bond acceptors (Lipinski definition) is 1. The highest BCUT2D eigenvalue weighted by Crippen LogP contribution is 2.67. The minimum absolute atomic E-state index is 0.0717. The second kappa shape index (κ2) is 7.93. The molecular formula is C29H50O. The van der Waals surface area contributed by atoms with E-state index < -0.39 is 0 Å². The van der Waals surface area contributed by atoms with Gasteiger partial charge < -0.3 is 5.11 Å². The summed E-state index contributed by atoms with van der Waals surface area (Å²) >= 11 is 0. The molecule has 0 bridgehead atoms. The van der Waals surface area contributed by atoms with E-state index in [9.17, 15) is 5.11 Å². The van der Waals surface area contributed by atoms with Crippen LogP contribution in [0.15, 0.2) is 11.1 Å². The minimum Gasteiger partial charge on any atom is -0.393 e. The van der Waals surface area contributed by atoms with Gasteiger partial charge in [-0.05, 0) is 97.2 Å². The highest BCUT2D eigenvalue weighted by Gasteiger charge is 2.58. The van der Waals surface area contributed by atoms with Gasteiger partial charge >= 0.3 is 0 Å². The second-order valence-corrected chi connectivity index (χ2v) is 13.6. The van der Waals surface area contributed by atoms with Crippen molar-refractivity contribution in [2.24, 2.45) is 45.8 Å². The molecule has 0 aromatic heterocycles. The van der Waals surface area contributed by atoms with Gasteiger partial charge in [-0.3, -0.25) is 0 Å². The SMILES string of the molecule is CC(C)CCC[C@@H](C)[C@H]1CCC2=C3CCC4CC(O)C(C)(C)C[C@]4(C)[C@H]3CC[C@@]21C. The van der Waals surface area contributed by atoms with Crippen LogP contribution in [0.5, 0.6) is 0 Å². The van der Waals surface area contributed by atoms with E-state index in [0.717, 1.165) is 36.0 Å². The van der Waals surface area contributed by atoms with Crippen molar-refractivity contribution in [1.29, 1.82) is 0 Å². The van der Waals surface area contributed by atoms with E-state index in [0.29, 0.717) is 10.8 Å². The largest absolute Gasteiger partial charge is 0.393 e. The Hall–Kier alpha value is -0.300. The Labute approximate surface area is 187 Å². The first-order valence-corrected chi connectivity index (χ1v) is 13.4. The molecule has 1 N–H and O–H groups in total. The molecule has 0 saturated heterocycles. The van der Waals surface area contributed by atoms with E-state index in [1.807, 2.05) is 11.1 Å². The fraction of sp³-hybridized carbons (Fsp3) is 0.931. The monoisotopic (exact) mass is 414 g/mol. The van der Waals surface area contributed by atoms with E-state index in [-0.39, 0.29) is 11.5 Å². The van der Waals surface area contributed by atoms with Gasteiger partial charge in [-0.1, -0.05) is 78.9 Å². The van der Waals surface area contributed by atoms with E-state index in [4.69, 9.17) is 0 Å². The Bertz CT molecular complexity index is 672. The van der Waals surface area contributed by atoms with Gasteiger partial charge in [0.2, 0.25) is 0 Å². The second-order valence-electron chi connectivity index (χ2n) is 13.6. The number of aliphatic hydroxyl groups excluding tert-OH is 1. The van der Waals surface area contributed by atoms with Crippen molar-refractivity contribution in [2.45, 2.75) is 125 Å². The first-order valence-electron chi connectivity index (χ1n) is 13.4. The Balaban J connectivity index is 1.57. The van der Waals surface area contributed by atoms with Gasteiger partial charge in [0.1, 0.15) is 0 Å². The van der Waals surface area contributed by atoms with Gasteiger partial charge in [0.15, 0.2) is 0 Å². The van der Waals surface area contributed by atoms with Crippen molar-refractivity contribution in [3.8, 4) is 0 Å². The van der Waals surface area contributed by atoms with Crippen molar-refractivity contribution in [2.75, 3.05) is 0 Å². The van der Waals surface area contributed by atoms with Crippen LogP contribution in [0.3, 0.4) is 0 Å². The summed E-state index contributed by atoms with van der Waals surface area (Å²) in [7, 11) is 0. The summed E-state index contributed by atoms with van der Waals surface area (Å²) in [5.41, 5.74) is 4.79. The molecule has 4 aliphatic carbocycles. The van der Waals surface area contributed by atoms with Crippen LogP contribution in [-0.2, 0) is 0 Å². The summed E-state index contributed by atoms with van der Waals surface area (Å²) in [6.07, 6.45) is 14.7. The Morgan fingerprint density at radius 3 is 2.40 bits per heavy atom. The maximum Gasteiger partial charge on any atom is 0.0594 e. The molecule has 0 aromatic rings. The van der Waals surface area contributed by atoms with E-state index in [1.165, 1.54) is 64.2 Å². The molecule has 1 heteroatoms. The molecule has 30 heavy (non-hydrogen) atoms. The lowest BCUT2D eigenvalue weighted by molar-refractivity contribution is -0.107. The number of aliphatic hydroxyl groups is 1. The summed E-state index contributed by atoms with van der Waals surface area (Å²) in [6.45, 7) is 17.2. The maximum absolute atomic E-state index is 10.8. The number of fused-ring (bicyclic) bond motifs is 4. The summed E-state index contributed by atoms with van der Waals surface area (Å²) in [5, 5.41) is 10.8. The summed E-state index contributed by atoms with van der Waals surface area (Å²) in [6, 6.07) is 0. The van der Waals surface area contributed by atoms with Crippen molar-refractivity contribution in [1.82, 2.24) is 0 Å². The fourth-order valence-electron chi connectivity index (χ4n) is 9.12. The minimum atomic E-state index is -0.110. The van der Waals surface area contributed by atoms with Crippen LogP contribution >= 0.6 is 0 Å². The van der Waals surface area contributed by atoms with Gasteiger partial charge in [0, 0.05) is 0 Å². The average Bonchev–Trinajstić information content (AvgIpc) is 2.99. The van der Waals surface area contributed by atoms with Gasteiger partial charge in [0.25, 0.3) is 0 Å². The zero-order chi connectivity index (χ0) is 21.9. The third-order valence-electron chi connectivity index (χ3n) is 10.8. The fourth-order valence-corrected chi connectivity index (χ4v) is 9.12. The lowest BCUT2D eigenvalue weighted by Crippen LogP contribution is -2.53. The Morgan fingerprint density at radius 1 is 0.967 bits per heavy atom. The molecule has 3 fully saturated rings. The molecule has 172 valence electrons. The van der Waals surface area contributed by atoms with Crippen LogP contribution in [0, 0.1) is 45.8 Å². The maximum atomic E-state index is 10.8. The molecular weight excluding hydrogens is 364 g/mol. The molecule has 2 unspecified atom stereocenters. The molecule has 0 aliphatic heterocycles. The van der Waals surface area contributed by atoms with Crippen LogP contribution in [0.1, 0.15) is 119 Å². The molecule has 3 saturated carbocycles. The van der Waals surface area contributed by atoms with Crippen LogP contribution in [0.4, 0.5) is 0 Å². The molecule has 1 nitrogen and oxygen atoms in total. The lowest BCUT2D eigenvalue weighted by atomic mass is 9.45. The van der Waals surface area contributed by atoms with Crippen molar-refractivity contribution < 1.29 is 5.11 Å². The summed E-state index contributed by atoms with van der Waals surface area (Å²) in [4.78, 5) is 0. The third kappa shape index (κ3) is 3.64. The number of rotatable bonds is 5. The third-order valence-corrected chi connectivity index (χ3v) is 10.8. The van der Waals surface area contributed by atoms with E-state index in [1.54, 1.807) is 0 Å². The molecule has 0 aromatic carbocycles. The topological polar surface area (TPSA) is 20.2 Å². The quantitative estimate of drug-likeness (QED) is 0.450. The van der Waals surface area contributed by atoms with Crippen LogP contribution in [-0.4, -0.2) is 11.2 Å². The number of allylic oxidation sites excluding steroid dienone is 2. The summed E-state index contributed by atoms with van der Waals surface area (Å²) < 4.78 is 0. The van der Waals surface area contributed by atoms with Gasteiger partial charge in [-0.15, -0.1) is 0 Å². The first-order chi connectivity index (χ1) is 14.0. The highest BCUT2D eigenvalue weighted by atomic mass is 16.3. The smallest absolute Gasteiger partial charge is 0.0594 e. The van der Waals surface area contributed by atoms with E-state index >= 15 is 0 Å². The predicted octanol–water partition coefficient (Wildman–Crippen LogP) is 8.17. The average molecular weight is 415 g/mol. The zero-order valence-corrected chi connectivity index (χ0v) is 21.2. The lowest BCUT2D eigenvalue weighted by Gasteiger charge is -2.60. The van der Waals surface area contributed by atoms with Crippen LogP contribution in [0.25, 0.3) is 0 Å². The number of hydrogen-bond donors (Lipinski definition) is 1. The first kappa shape index (κ1) is 22.9. The molecule has 0 radical (unpaired) electrons. The molecule has 0 spiro atoms. The molecule has 0 heterocycles. The van der Waals surface area contributed by atoms with Gasteiger partial charge in [0.05, 0.1) is 6.10 Å². The standard InChI is InChI=1S/C29H50O/c1-19(2)9-8-10-20(3)23-13-14-24-22-12-11-21-17-26(30)27(4,5)18-29(21,7)25(22)15-16-28(23,24)6/h19-21,23,25-26,30H,8-18H2,1-7H3/t20-,21?,23-,25+,26?,28-,29+/m1/s1. The summed E-state index contributed by atoms with van der Waals surface area (Å²) in [5.74, 6) is 4.15. The van der Waals surface area contributed by atoms with Crippen molar-refractivity contribution in [3.05, 3.63) is 11.1 Å². The van der Waals surface area contributed by atoms with Crippen molar-refractivity contribution in [3.63, 3.8) is 0 Å². The Kier molecular flexibility index (Phi) is 6.05. The van der Waals surface area contributed by atoms with Crippen LogP contribution in [0.2, 0.25) is 0 Å². The van der Waals surface area contributed by atoms with Gasteiger partial charge in [-0.2, -0.15) is 0 Å². The van der Waals surface area contributed by atoms with E-state index in [2.05, 4.69) is 48.5 Å². The van der Waals surface area contributed by atoms with Crippen molar-refractivity contribution >= 4 is 0 Å². The highest BCUT2D eigenvalue weighted by molar-refractivity contribution is 5.35. The molecule has 7 atom stereocenters. The normalized spacial score (nSPS) is 43.9. The van der Waals surface area contributed by atoms with Gasteiger partial charge in [-0.25, -0.2) is 0 Å². The molecule has 4 rings (SSSR count). The van der Waals surface area contributed by atoms with Crippen LogP contribution < -0.4 is 0 Å². The Morgan fingerprint density at radius 2 is 1.70 bits per heavy atom. The molecule has 4 aliphatic rings. The molecule has 0 amide bonds. The predicted molar refractivity (Wildman–Crippen MR) is 128 cm³/mol.